The second kappa shape index (κ2) is 9.29. The molecule has 1 saturated heterocycles. The van der Waals surface area contributed by atoms with E-state index in [9.17, 15) is 9.59 Å². The van der Waals surface area contributed by atoms with Gasteiger partial charge < -0.3 is 18.8 Å². The molecule has 9 heteroatoms. The van der Waals surface area contributed by atoms with Crippen molar-refractivity contribution >= 4 is 57.2 Å². The highest BCUT2D eigenvalue weighted by atomic mass is 35.5. The molecule has 1 aromatic heterocycles. The fourth-order valence-corrected chi connectivity index (χ4v) is 5.30. The second-order valence-corrected chi connectivity index (χ2v) is 9.53. The molecule has 1 fully saturated rings. The highest BCUT2D eigenvalue weighted by molar-refractivity contribution is 8.19. The molecule has 2 amide bonds. The topological polar surface area (TPSA) is 70.0 Å². The number of thioether (sulfide) groups is 1. The third-order valence-corrected chi connectivity index (χ3v) is 7.13. The Morgan fingerprint density at radius 3 is 2.69 bits per heavy atom. The molecule has 0 unspecified atom stereocenters. The van der Waals surface area contributed by atoms with Gasteiger partial charge in [-0.05, 0) is 48.2 Å². The number of hydrogen-bond donors (Lipinski definition) is 0. The zero-order valence-electron chi connectivity index (χ0n) is 18.8. The standard InChI is InChI=1S/C27H19ClN2O5S/c28-20-6-2-4-8-22(20)30-26(31)25(36-27(30)32)13-17-15-29(21-7-3-1-5-19(17)21)11-12-33-18-9-10-23-24(14-18)35-16-34-23/h1-10,13-15H,11-12,16H2/b25-13-. The molecule has 0 saturated carbocycles. The van der Waals surface area contributed by atoms with E-state index in [1.165, 1.54) is 0 Å². The smallest absolute Gasteiger partial charge is 0.298 e. The Morgan fingerprint density at radius 1 is 1.00 bits per heavy atom. The molecule has 3 heterocycles. The van der Waals surface area contributed by atoms with Gasteiger partial charge in [-0.1, -0.05) is 41.9 Å². The molecular weight excluding hydrogens is 500 g/mol. The molecule has 3 aromatic carbocycles. The fourth-order valence-electron chi connectivity index (χ4n) is 4.25. The van der Waals surface area contributed by atoms with Crippen molar-refractivity contribution in [1.82, 2.24) is 4.57 Å². The number of carbonyl (C=O) groups excluding carboxylic acids is 2. The molecule has 0 radical (unpaired) electrons. The van der Waals surface area contributed by atoms with Crippen LogP contribution in [0, 0.1) is 0 Å². The van der Waals surface area contributed by atoms with Crippen LogP contribution in [0.25, 0.3) is 17.0 Å². The first-order valence-electron chi connectivity index (χ1n) is 11.2. The maximum Gasteiger partial charge on any atom is 0.298 e. The first kappa shape index (κ1) is 22.6. The summed E-state index contributed by atoms with van der Waals surface area (Å²) in [5, 5.41) is 0.949. The molecule has 4 aromatic rings. The van der Waals surface area contributed by atoms with E-state index < -0.39 is 0 Å². The number of nitrogens with zero attached hydrogens (tertiary/aromatic N) is 2. The van der Waals surface area contributed by atoms with Crippen LogP contribution in [0.1, 0.15) is 5.56 Å². The van der Waals surface area contributed by atoms with Crippen molar-refractivity contribution in [2.75, 3.05) is 18.3 Å². The Bertz CT molecular complexity index is 1550. The van der Waals surface area contributed by atoms with Gasteiger partial charge in [0.2, 0.25) is 6.79 Å². The minimum atomic E-state index is -0.388. The van der Waals surface area contributed by atoms with E-state index in [1.807, 2.05) is 48.7 Å². The van der Waals surface area contributed by atoms with Crippen molar-refractivity contribution in [2.45, 2.75) is 6.54 Å². The summed E-state index contributed by atoms with van der Waals surface area (Å²) in [6.07, 6.45) is 3.73. The van der Waals surface area contributed by atoms with E-state index >= 15 is 0 Å². The maximum atomic E-state index is 13.1. The van der Waals surface area contributed by atoms with Crippen LogP contribution in [0.15, 0.2) is 77.8 Å². The van der Waals surface area contributed by atoms with Gasteiger partial charge in [0, 0.05) is 28.7 Å². The minimum Gasteiger partial charge on any atom is -0.492 e. The van der Waals surface area contributed by atoms with Gasteiger partial charge in [0.05, 0.1) is 22.2 Å². The highest BCUT2D eigenvalue weighted by Gasteiger charge is 2.37. The molecule has 0 bridgehead atoms. The lowest BCUT2D eigenvalue weighted by Gasteiger charge is -2.13. The summed E-state index contributed by atoms with van der Waals surface area (Å²) in [6.45, 7) is 1.24. The van der Waals surface area contributed by atoms with Crippen molar-refractivity contribution in [3.8, 4) is 17.2 Å². The van der Waals surface area contributed by atoms with E-state index in [1.54, 1.807) is 30.3 Å². The molecule has 2 aliphatic heterocycles. The van der Waals surface area contributed by atoms with Crippen molar-refractivity contribution in [3.05, 3.63) is 88.4 Å². The lowest BCUT2D eigenvalue weighted by Crippen LogP contribution is -2.27. The summed E-state index contributed by atoms with van der Waals surface area (Å²) in [7, 11) is 0. The molecular formula is C27H19ClN2O5S. The predicted octanol–water partition coefficient (Wildman–Crippen LogP) is 6.34. The number of ether oxygens (including phenoxy) is 3. The van der Waals surface area contributed by atoms with Gasteiger partial charge >= 0.3 is 0 Å². The lowest BCUT2D eigenvalue weighted by molar-refractivity contribution is -0.113. The maximum absolute atomic E-state index is 13.1. The number of para-hydroxylation sites is 2. The van der Waals surface area contributed by atoms with E-state index in [4.69, 9.17) is 25.8 Å². The predicted molar refractivity (Wildman–Crippen MR) is 140 cm³/mol. The summed E-state index contributed by atoms with van der Waals surface area (Å²) >= 11 is 7.15. The Kier molecular flexibility index (Phi) is 5.83. The van der Waals surface area contributed by atoms with Crippen LogP contribution < -0.4 is 19.1 Å². The van der Waals surface area contributed by atoms with Crippen LogP contribution in [0.4, 0.5) is 10.5 Å². The van der Waals surface area contributed by atoms with E-state index in [0.29, 0.717) is 46.0 Å². The van der Waals surface area contributed by atoms with Gasteiger partial charge in [-0.15, -0.1) is 0 Å². The molecule has 0 atom stereocenters. The van der Waals surface area contributed by atoms with Gasteiger partial charge in [0.25, 0.3) is 11.1 Å². The van der Waals surface area contributed by atoms with E-state index in [2.05, 4.69) is 4.57 Å². The number of benzene rings is 3. The number of rotatable bonds is 6. The van der Waals surface area contributed by atoms with E-state index in [-0.39, 0.29) is 17.9 Å². The summed E-state index contributed by atoms with van der Waals surface area (Å²) in [6, 6.07) is 20.2. The van der Waals surface area contributed by atoms with Gasteiger partial charge in [-0.25, -0.2) is 4.90 Å². The Labute approximate surface area is 215 Å². The van der Waals surface area contributed by atoms with Gasteiger partial charge in [-0.2, -0.15) is 0 Å². The van der Waals surface area contributed by atoms with Crippen molar-refractivity contribution in [2.24, 2.45) is 0 Å². The molecule has 0 N–H and O–H groups in total. The normalized spacial score (nSPS) is 15.9. The summed E-state index contributed by atoms with van der Waals surface area (Å²) in [4.78, 5) is 27.3. The third-order valence-electron chi connectivity index (χ3n) is 5.94. The van der Waals surface area contributed by atoms with Gasteiger partial charge in [0.1, 0.15) is 12.4 Å². The van der Waals surface area contributed by atoms with Crippen molar-refractivity contribution in [3.63, 3.8) is 0 Å². The first-order chi connectivity index (χ1) is 17.6. The number of carbonyl (C=O) groups is 2. The number of halogens is 1. The molecule has 2 aliphatic rings. The molecule has 0 spiro atoms. The van der Waals surface area contributed by atoms with Crippen molar-refractivity contribution < 1.29 is 23.8 Å². The van der Waals surface area contributed by atoms with Crippen LogP contribution in [0.2, 0.25) is 5.02 Å². The van der Waals surface area contributed by atoms with Crippen LogP contribution in [-0.2, 0) is 11.3 Å². The number of fused-ring (bicyclic) bond motifs is 2. The second-order valence-electron chi connectivity index (χ2n) is 8.13. The monoisotopic (exact) mass is 518 g/mol. The SMILES string of the molecule is O=C1S/C(=C\c2cn(CCOc3ccc4c(c3)OCO4)c3ccccc23)C(=O)N1c1ccccc1Cl. The van der Waals surface area contributed by atoms with Gasteiger partial charge in [-0.3, -0.25) is 9.59 Å². The zero-order valence-corrected chi connectivity index (χ0v) is 20.4. The van der Waals surface area contributed by atoms with Crippen molar-refractivity contribution in [1.29, 1.82) is 0 Å². The molecule has 36 heavy (non-hydrogen) atoms. The molecule has 0 aliphatic carbocycles. The average molecular weight is 519 g/mol. The fraction of sp³-hybridized carbons (Fsp3) is 0.111. The number of anilines is 1. The highest BCUT2D eigenvalue weighted by Crippen LogP contribution is 2.39. The van der Waals surface area contributed by atoms with Crippen LogP contribution in [-0.4, -0.2) is 29.1 Å². The first-order valence-corrected chi connectivity index (χ1v) is 12.4. The molecule has 180 valence electrons. The summed E-state index contributed by atoms with van der Waals surface area (Å²) < 4.78 is 18.8. The Morgan fingerprint density at radius 2 is 1.81 bits per heavy atom. The van der Waals surface area contributed by atoms with E-state index in [0.717, 1.165) is 33.1 Å². The third kappa shape index (κ3) is 4.08. The zero-order chi connectivity index (χ0) is 24.6. The summed E-state index contributed by atoms with van der Waals surface area (Å²) in [5.74, 6) is 1.69. The average Bonchev–Trinajstić information content (AvgIpc) is 3.56. The largest absolute Gasteiger partial charge is 0.492 e. The Balaban J connectivity index is 1.24. The molecule has 7 nitrogen and oxygen atoms in total. The molecule has 6 rings (SSSR count). The number of aromatic nitrogens is 1. The minimum absolute atomic E-state index is 0.217. The quantitative estimate of drug-likeness (QED) is 0.277. The van der Waals surface area contributed by atoms with Crippen LogP contribution >= 0.6 is 23.4 Å². The number of amides is 2. The summed E-state index contributed by atoms with van der Waals surface area (Å²) in [5.41, 5.74) is 2.23. The number of imide groups is 1. The van der Waals surface area contributed by atoms with Crippen LogP contribution in [0.5, 0.6) is 17.2 Å². The van der Waals surface area contributed by atoms with Gasteiger partial charge in [0.15, 0.2) is 11.5 Å². The Hall–Kier alpha value is -3.88. The lowest BCUT2D eigenvalue weighted by atomic mass is 10.1. The van der Waals surface area contributed by atoms with Crippen LogP contribution in [0.3, 0.4) is 0 Å². The number of hydrogen-bond acceptors (Lipinski definition) is 6.